The Labute approximate surface area is 86.5 Å². The van der Waals surface area contributed by atoms with Crippen LogP contribution in [-0.2, 0) is 19.0 Å². The summed E-state index contributed by atoms with van der Waals surface area (Å²) >= 11 is 4.23. The molecule has 5 nitrogen and oxygen atoms in total. The highest BCUT2D eigenvalue weighted by Gasteiger charge is 2.74. The van der Waals surface area contributed by atoms with Crippen molar-refractivity contribution in [3.63, 3.8) is 0 Å². The zero-order valence-corrected chi connectivity index (χ0v) is 8.66. The van der Waals surface area contributed by atoms with E-state index in [0.29, 0.717) is 0 Å². The Morgan fingerprint density at radius 1 is 1.57 bits per heavy atom. The van der Waals surface area contributed by atoms with Crippen molar-refractivity contribution in [1.29, 1.82) is 5.26 Å². The number of rotatable bonds is 0. The molecule has 0 aromatic rings. The van der Waals surface area contributed by atoms with Gasteiger partial charge in [-0.1, -0.05) is 0 Å². The summed E-state index contributed by atoms with van der Waals surface area (Å²) in [5.41, 5.74) is 0. The van der Waals surface area contributed by atoms with Gasteiger partial charge in [-0.2, -0.15) is 26.3 Å². The Kier molecular flexibility index (Phi) is 1.45. The van der Waals surface area contributed by atoms with Gasteiger partial charge in [-0.25, -0.2) is 0 Å². The Morgan fingerprint density at radius 2 is 2.29 bits per heavy atom. The summed E-state index contributed by atoms with van der Waals surface area (Å²) in [6.07, 6.45) is -1.32. The highest BCUT2D eigenvalue weighted by molar-refractivity contribution is 7.89. The van der Waals surface area contributed by atoms with E-state index in [0.717, 1.165) is 0 Å². The topological polar surface area (TPSA) is 76.4 Å². The largest absolute Gasteiger partial charge is 0.368 e. The van der Waals surface area contributed by atoms with Crippen molar-refractivity contribution in [2.24, 2.45) is 0 Å². The lowest BCUT2D eigenvalue weighted by Crippen LogP contribution is -2.45. The van der Waals surface area contributed by atoms with E-state index in [1.807, 2.05) is 6.07 Å². The third-order valence-electron chi connectivity index (χ3n) is 3.17. The summed E-state index contributed by atoms with van der Waals surface area (Å²) in [4.78, 5) is 0. The summed E-state index contributed by atoms with van der Waals surface area (Å²) < 4.78 is 32.0. The first-order chi connectivity index (χ1) is 6.52. The molecule has 0 spiro atoms. The first kappa shape index (κ1) is 8.97. The Hall–Kier alpha value is -0.290. The summed E-state index contributed by atoms with van der Waals surface area (Å²) in [7, 11) is -3.81. The van der Waals surface area contributed by atoms with Gasteiger partial charge in [0, 0.05) is 6.42 Å². The highest BCUT2D eigenvalue weighted by atomic mass is 32.2. The van der Waals surface area contributed by atoms with Crippen molar-refractivity contribution in [3.8, 4) is 6.07 Å². The summed E-state index contributed by atoms with van der Waals surface area (Å²) in [5, 5.41) is 8.74. The van der Waals surface area contributed by atoms with Gasteiger partial charge in [-0.3, -0.25) is 4.18 Å². The van der Waals surface area contributed by atoms with E-state index < -0.39 is 27.1 Å². The zero-order valence-electron chi connectivity index (χ0n) is 6.95. The lowest BCUT2D eigenvalue weighted by Gasteiger charge is -2.20. The minimum absolute atomic E-state index is 0.182. The molecule has 2 bridgehead atoms. The van der Waals surface area contributed by atoms with Gasteiger partial charge in [0.2, 0.25) is 4.75 Å². The van der Waals surface area contributed by atoms with Crippen molar-refractivity contribution < 1.29 is 17.3 Å². The second kappa shape index (κ2) is 2.27. The molecule has 5 unspecified atom stereocenters. The molecule has 3 rings (SSSR count). The van der Waals surface area contributed by atoms with Crippen LogP contribution in [0.5, 0.6) is 0 Å². The second-order valence-electron chi connectivity index (χ2n) is 3.81. The molecule has 5 atom stereocenters. The molecule has 3 aliphatic heterocycles. The summed E-state index contributed by atoms with van der Waals surface area (Å²) in [6.45, 7) is 0. The quantitative estimate of drug-likeness (QED) is 0.448. The number of ether oxygens (including phenoxy) is 1. The normalized spacial score (nSPS) is 57.4. The predicted octanol–water partition coefficient (Wildman–Crippen LogP) is -0.553. The van der Waals surface area contributed by atoms with Gasteiger partial charge >= 0.3 is 0 Å². The van der Waals surface area contributed by atoms with E-state index in [4.69, 9.17) is 14.2 Å². The lowest BCUT2D eigenvalue weighted by atomic mass is 9.87. The number of thiol groups is 1. The Bertz CT molecular complexity index is 441. The van der Waals surface area contributed by atoms with Crippen LogP contribution in [0.25, 0.3) is 0 Å². The van der Waals surface area contributed by atoms with Crippen molar-refractivity contribution in [3.05, 3.63) is 0 Å². The predicted molar refractivity (Wildman–Crippen MR) is 48.2 cm³/mol. The molecular weight excluding hydrogens is 226 g/mol. The van der Waals surface area contributed by atoms with Crippen LogP contribution in [0, 0.1) is 11.3 Å². The maximum Gasteiger partial charge on any atom is 0.290 e. The standard InChI is InChI=1S/C7H7NO4S2/c8-2-7-1-3-5(13)4(6(7)11-3)12-14(7,9)10/h3-6,13H,1H2. The van der Waals surface area contributed by atoms with Crippen LogP contribution in [0.4, 0.5) is 0 Å². The Balaban J connectivity index is 2.22. The fourth-order valence-corrected chi connectivity index (χ4v) is 4.56. The highest BCUT2D eigenvalue weighted by Crippen LogP contribution is 2.54. The average Bonchev–Trinajstić information content (AvgIpc) is 2.67. The number of nitriles is 1. The third kappa shape index (κ3) is 0.703. The fraction of sp³-hybridized carbons (Fsp3) is 0.857. The van der Waals surface area contributed by atoms with Crippen molar-refractivity contribution in [2.45, 2.75) is 34.7 Å². The molecular formula is C7H7NO4S2. The van der Waals surface area contributed by atoms with E-state index >= 15 is 0 Å². The van der Waals surface area contributed by atoms with E-state index in [2.05, 4.69) is 12.6 Å². The van der Waals surface area contributed by atoms with E-state index in [1.54, 1.807) is 0 Å². The number of nitrogens with zero attached hydrogens (tertiary/aromatic N) is 1. The molecule has 3 fully saturated rings. The summed E-state index contributed by atoms with van der Waals surface area (Å²) in [5.74, 6) is 0. The van der Waals surface area contributed by atoms with Gasteiger partial charge in [0.05, 0.1) is 17.4 Å². The Morgan fingerprint density at radius 3 is 2.86 bits per heavy atom. The lowest BCUT2D eigenvalue weighted by molar-refractivity contribution is 0.0793. The van der Waals surface area contributed by atoms with Gasteiger partial charge in [0.25, 0.3) is 10.1 Å². The second-order valence-corrected chi connectivity index (χ2v) is 6.23. The molecule has 0 amide bonds. The fourth-order valence-electron chi connectivity index (χ4n) is 2.45. The van der Waals surface area contributed by atoms with Gasteiger partial charge in [-0.05, 0) is 0 Å². The number of hydrogen-bond donors (Lipinski definition) is 1. The van der Waals surface area contributed by atoms with Gasteiger partial charge in [0.1, 0.15) is 12.2 Å². The van der Waals surface area contributed by atoms with Crippen molar-refractivity contribution in [1.82, 2.24) is 0 Å². The first-order valence-electron chi connectivity index (χ1n) is 4.19. The molecule has 76 valence electrons. The van der Waals surface area contributed by atoms with Crippen LogP contribution in [0.1, 0.15) is 6.42 Å². The molecule has 0 N–H and O–H groups in total. The smallest absolute Gasteiger partial charge is 0.290 e. The van der Waals surface area contributed by atoms with Crippen LogP contribution in [0.15, 0.2) is 0 Å². The van der Waals surface area contributed by atoms with E-state index in [-0.39, 0.29) is 17.8 Å². The third-order valence-corrected chi connectivity index (χ3v) is 5.66. The molecule has 3 heterocycles. The monoisotopic (exact) mass is 233 g/mol. The van der Waals surface area contributed by atoms with Gasteiger partial charge in [0.15, 0.2) is 0 Å². The van der Waals surface area contributed by atoms with Crippen LogP contribution in [-0.4, -0.2) is 36.7 Å². The van der Waals surface area contributed by atoms with E-state index in [9.17, 15) is 8.42 Å². The van der Waals surface area contributed by atoms with Gasteiger partial charge < -0.3 is 4.74 Å². The number of hydrogen-bond acceptors (Lipinski definition) is 6. The van der Waals surface area contributed by atoms with Gasteiger partial charge in [-0.15, -0.1) is 0 Å². The van der Waals surface area contributed by atoms with E-state index in [1.165, 1.54) is 0 Å². The van der Waals surface area contributed by atoms with Crippen molar-refractivity contribution >= 4 is 22.7 Å². The zero-order chi connectivity index (χ0) is 10.1. The minimum atomic E-state index is -3.81. The molecule has 0 saturated carbocycles. The number of fused-ring (bicyclic) bond motifs is 1. The molecule has 0 aromatic heterocycles. The summed E-state index contributed by atoms with van der Waals surface area (Å²) in [6, 6.07) is 1.84. The average molecular weight is 233 g/mol. The SMILES string of the molecule is N#CC12CC3OC1C(OS2(=O)=O)C3S. The molecule has 3 aliphatic rings. The van der Waals surface area contributed by atoms with Crippen LogP contribution in [0.2, 0.25) is 0 Å². The maximum atomic E-state index is 11.6. The maximum absolute atomic E-state index is 11.6. The molecule has 14 heavy (non-hydrogen) atoms. The molecule has 7 heteroatoms. The molecule has 3 saturated heterocycles. The van der Waals surface area contributed by atoms with Crippen molar-refractivity contribution in [2.75, 3.05) is 0 Å². The molecule has 0 radical (unpaired) electrons. The molecule has 0 aromatic carbocycles. The van der Waals surface area contributed by atoms with Crippen LogP contribution < -0.4 is 0 Å². The van der Waals surface area contributed by atoms with Crippen LogP contribution >= 0.6 is 12.6 Å². The van der Waals surface area contributed by atoms with Crippen LogP contribution in [0.3, 0.4) is 0 Å². The first-order valence-corrected chi connectivity index (χ1v) is 6.12. The minimum Gasteiger partial charge on any atom is -0.368 e. The molecule has 0 aliphatic carbocycles.